The van der Waals surface area contributed by atoms with Crippen LogP contribution in [-0.2, 0) is 0 Å². The Kier molecular flexibility index (Phi) is 5.64. The van der Waals surface area contributed by atoms with E-state index in [0.29, 0.717) is 16.8 Å². The van der Waals surface area contributed by atoms with Crippen molar-refractivity contribution in [3.05, 3.63) is 17.8 Å². The van der Waals surface area contributed by atoms with Gasteiger partial charge in [0.05, 0.1) is 0 Å². The van der Waals surface area contributed by atoms with E-state index in [0.717, 1.165) is 25.8 Å². The van der Waals surface area contributed by atoms with Gasteiger partial charge in [-0.25, -0.2) is 0 Å². The van der Waals surface area contributed by atoms with Crippen molar-refractivity contribution in [2.45, 2.75) is 43.9 Å². The van der Waals surface area contributed by atoms with Crippen LogP contribution in [0, 0.1) is 0 Å². The third-order valence-corrected chi connectivity index (χ3v) is 4.60. The van der Waals surface area contributed by atoms with Crippen molar-refractivity contribution >= 4 is 23.5 Å². The number of amides is 1. The molecule has 2 rings (SSSR count). The maximum absolute atomic E-state index is 12.1. The van der Waals surface area contributed by atoms with E-state index in [1.807, 2.05) is 11.8 Å². The van der Waals surface area contributed by atoms with E-state index in [4.69, 9.17) is 0 Å². The van der Waals surface area contributed by atoms with Gasteiger partial charge in [0.15, 0.2) is 5.69 Å². The second kappa shape index (κ2) is 7.47. The molecule has 1 saturated carbocycles. The Morgan fingerprint density at radius 1 is 1.40 bits per heavy atom. The van der Waals surface area contributed by atoms with Gasteiger partial charge in [-0.3, -0.25) is 4.79 Å². The minimum absolute atomic E-state index is 0.119. The summed E-state index contributed by atoms with van der Waals surface area (Å²) in [5, 5.41) is 14.9. The maximum Gasteiger partial charge on any atom is 0.272 e. The lowest BCUT2D eigenvalue weighted by Crippen LogP contribution is -2.33. The number of nitrogens with one attached hydrogen (secondary N) is 2. The van der Waals surface area contributed by atoms with Crippen molar-refractivity contribution in [1.82, 2.24) is 15.5 Å². The highest BCUT2D eigenvalue weighted by Gasteiger charge is 2.25. The lowest BCUT2D eigenvalue weighted by atomic mass is 10.2. The van der Waals surface area contributed by atoms with Gasteiger partial charge in [-0.15, -0.1) is 10.2 Å². The molecular formula is C14H22N4OS. The molecular weight excluding hydrogens is 272 g/mol. The first-order chi connectivity index (χ1) is 9.72. The quantitative estimate of drug-likeness (QED) is 0.843. The highest BCUT2D eigenvalue weighted by molar-refractivity contribution is 7.99. The highest BCUT2D eigenvalue weighted by atomic mass is 32.2. The molecule has 2 N–H and O–H groups in total. The molecule has 0 aliphatic heterocycles. The Morgan fingerprint density at radius 2 is 2.25 bits per heavy atom. The third-order valence-electron chi connectivity index (χ3n) is 3.51. The van der Waals surface area contributed by atoms with Gasteiger partial charge in [-0.1, -0.05) is 6.92 Å². The Hall–Kier alpha value is -1.30. The van der Waals surface area contributed by atoms with Gasteiger partial charge in [0.25, 0.3) is 5.91 Å². The fourth-order valence-corrected chi connectivity index (χ4v) is 3.14. The zero-order valence-electron chi connectivity index (χ0n) is 12.1. The molecule has 5 nitrogen and oxygen atoms in total. The van der Waals surface area contributed by atoms with E-state index in [-0.39, 0.29) is 11.9 Å². The Bertz CT molecular complexity index is 437. The summed E-state index contributed by atoms with van der Waals surface area (Å²) < 4.78 is 0. The molecule has 1 aromatic heterocycles. The second-order valence-corrected chi connectivity index (χ2v) is 6.21. The molecule has 1 aliphatic rings. The molecule has 6 heteroatoms. The van der Waals surface area contributed by atoms with E-state index in [1.54, 1.807) is 12.1 Å². The predicted octanol–water partition coefficient (Wildman–Crippen LogP) is 2.31. The predicted molar refractivity (Wildman–Crippen MR) is 83.2 cm³/mol. The molecule has 1 aromatic rings. The molecule has 0 radical (unpaired) electrons. The van der Waals surface area contributed by atoms with E-state index in [9.17, 15) is 4.79 Å². The number of carbonyl (C=O) groups is 1. The number of thioether (sulfide) groups is 1. The first-order valence-corrected chi connectivity index (χ1v) is 8.43. The van der Waals surface area contributed by atoms with Crippen LogP contribution in [0.3, 0.4) is 0 Å². The first kappa shape index (κ1) is 15.1. The molecule has 0 bridgehead atoms. The summed E-state index contributed by atoms with van der Waals surface area (Å²) in [5.41, 5.74) is 0.389. The lowest BCUT2D eigenvalue weighted by molar-refractivity contribution is 0.0932. The fourth-order valence-electron chi connectivity index (χ4n) is 2.35. The average Bonchev–Trinajstić information content (AvgIpc) is 2.93. The van der Waals surface area contributed by atoms with Crippen LogP contribution in [0.2, 0.25) is 0 Å². The Labute approximate surface area is 124 Å². The SMILES string of the molecule is CCCNc1ccc(C(=O)NC2CCC(SC)C2)nn1. The van der Waals surface area contributed by atoms with Gasteiger partial charge in [0.1, 0.15) is 5.82 Å². The Morgan fingerprint density at radius 3 is 2.85 bits per heavy atom. The summed E-state index contributed by atoms with van der Waals surface area (Å²) in [6.07, 6.45) is 6.44. The van der Waals surface area contributed by atoms with E-state index >= 15 is 0 Å². The molecule has 20 heavy (non-hydrogen) atoms. The van der Waals surface area contributed by atoms with Crippen LogP contribution >= 0.6 is 11.8 Å². The standard InChI is InChI=1S/C14H22N4OS/c1-3-8-15-13-7-6-12(17-18-13)14(19)16-10-4-5-11(9-10)20-2/h6-7,10-11H,3-5,8-9H2,1-2H3,(H,15,18)(H,16,19). The number of carbonyl (C=O) groups excluding carboxylic acids is 1. The van der Waals surface area contributed by atoms with Crippen molar-refractivity contribution < 1.29 is 4.79 Å². The van der Waals surface area contributed by atoms with Gasteiger partial charge < -0.3 is 10.6 Å². The van der Waals surface area contributed by atoms with E-state index in [2.05, 4.69) is 34.0 Å². The molecule has 1 heterocycles. The highest BCUT2D eigenvalue weighted by Crippen LogP contribution is 2.28. The number of hydrogen-bond acceptors (Lipinski definition) is 5. The topological polar surface area (TPSA) is 66.9 Å². The summed E-state index contributed by atoms with van der Waals surface area (Å²) in [6.45, 7) is 2.95. The molecule has 0 spiro atoms. The number of rotatable bonds is 6. The normalized spacial score (nSPS) is 21.7. The van der Waals surface area contributed by atoms with Gasteiger partial charge in [0, 0.05) is 17.8 Å². The minimum atomic E-state index is -0.119. The largest absolute Gasteiger partial charge is 0.369 e. The smallest absolute Gasteiger partial charge is 0.272 e. The summed E-state index contributed by atoms with van der Waals surface area (Å²) in [7, 11) is 0. The summed E-state index contributed by atoms with van der Waals surface area (Å²) >= 11 is 1.88. The second-order valence-electron chi connectivity index (χ2n) is 5.07. The molecule has 1 fully saturated rings. The summed E-state index contributed by atoms with van der Waals surface area (Å²) in [4.78, 5) is 12.1. The van der Waals surface area contributed by atoms with Crippen LogP contribution < -0.4 is 10.6 Å². The van der Waals surface area contributed by atoms with Gasteiger partial charge in [-0.2, -0.15) is 11.8 Å². The fraction of sp³-hybridized carbons (Fsp3) is 0.643. The monoisotopic (exact) mass is 294 g/mol. The first-order valence-electron chi connectivity index (χ1n) is 7.14. The van der Waals surface area contributed by atoms with Crippen LogP contribution in [0.25, 0.3) is 0 Å². The minimum Gasteiger partial charge on any atom is -0.369 e. The molecule has 1 amide bonds. The molecule has 1 aliphatic carbocycles. The number of hydrogen-bond donors (Lipinski definition) is 2. The lowest BCUT2D eigenvalue weighted by Gasteiger charge is -2.12. The number of nitrogens with zero attached hydrogens (tertiary/aromatic N) is 2. The summed E-state index contributed by atoms with van der Waals surface area (Å²) in [6, 6.07) is 3.80. The van der Waals surface area contributed by atoms with Crippen LogP contribution in [0.4, 0.5) is 5.82 Å². The van der Waals surface area contributed by atoms with E-state index in [1.165, 1.54) is 6.42 Å². The van der Waals surface area contributed by atoms with Gasteiger partial charge in [0.2, 0.25) is 0 Å². The molecule has 0 aromatic carbocycles. The van der Waals surface area contributed by atoms with Crippen molar-refractivity contribution in [2.75, 3.05) is 18.1 Å². The zero-order chi connectivity index (χ0) is 14.4. The average molecular weight is 294 g/mol. The number of aromatic nitrogens is 2. The van der Waals surface area contributed by atoms with Gasteiger partial charge in [-0.05, 0) is 44.1 Å². The van der Waals surface area contributed by atoms with Crippen molar-refractivity contribution in [3.8, 4) is 0 Å². The maximum atomic E-state index is 12.1. The molecule has 2 unspecified atom stereocenters. The van der Waals surface area contributed by atoms with Crippen LogP contribution in [0.1, 0.15) is 43.1 Å². The number of anilines is 1. The summed E-state index contributed by atoms with van der Waals surface area (Å²) in [5.74, 6) is 0.595. The molecule has 0 saturated heterocycles. The van der Waals surface area contributed by atoms with Gasteiger partial charge >= 0.3 is 0 Å². The molecule has 2 atom stereocenters. The zero-order valence-corrected chi connectivity index (χ0v) is 12.9. The van der Waals surface area contributed by atoms with Crippen molar-refractivity contribution in [2.24, 2.45) is 0 Å². The van der Waals surface area contributed by atoms with Crippen LogP contribution in [-0.4, -0.2) is 40.2 Å². The Balaban J connectivity index is 1.86. The molecule has 110 valence electrons. The van der Waals surface area contributed by atoms with Crippen molar-refractivity contribution in [3.63, 3.8) is 0 Å². The third kappa shape index (κ3) is 4.10. The van der Waals surface area contributed by atoms with Crippen LogP contribution in [0.5, 0.6) is 0 Å². The van der Waals surface area contributed by atoms with Crippen molar-refractivity contribution in [1.29, 1.82) is 0 Å². The van der Waals surface area contributed by atoms with E-state index < -0.39 is 0 Å². The van der Waals surface area contributed by atoms with Crippen LogP contribution in [0.15, 0.2) is 12.1 Å².